The lowest BCUT2D eigenvalue weighted by molar-refractivity contribution is -0.136. The Morgan fingerprint density at radius 1 is 1.26 bits per heavy atom. The number of hydrogen-bond donors (Lipinski definition) is 1. The Labute approximate surface area is 137 Å². The molecule has 1 aromatic heterocycles. The lowest BCUT2D eigenvalue weighted by Crippen LogP contribution is -2.54. The van der Waals surface area contributed by atoms with E-state index < -0.39 is 0 Å². The molecule has 0 radical (unpaired) electrons. The molecule has 23 heavy (non-hydrogen) atoms. The zero-order valence-corrected chi connectivity index (χ0v) is 13.8. The highest BCUT2D eigenvalue weighted by Crippen LogP contribution is 2.33. The third-order valence-electron chi connectivity index (χ3n) is 5.88. The van der Waals surface area contributed by atoms with Crippen LogP contribution in [-0.4, -0.2) is 57.4 Å². The Morgan fingerprint density at radius 3 is 2.74 bits per heavy atom. The monoisotopic (exact) mass is 315 g/mol. The van der Waals surface area contributed by atoms with E-state index in [-0.39, 0.29) is 17.5 Å². The lowest BCUT2D eigenvalue weighted by atomic mass is 9.87. The summed E-state index contributed by atoms with van der Waals surface area (Å²) < 4.78 is 0. The van der Waals surface area contributed by atoms with Crippen LogP contribution in [0.4, 0.5) is 0 Å². The van der Waals surface area contributed by atoms with E-state index in [0.717, 1.165) is 37.2 Å². The molecule has 0 aliphatic carbocycles. The van der Waals surface area contributed by atoms with Gasteiger partial charge in [0.15, 0.2) is 0 Å². The molecule has 0 aromatic carbocycles. The topological polar surface area (TPSA) is 61.4 Å². The standard InChI is InChI=1S/C17H25N5O/c1-17(22-6-2-3-7-22)4-8-21(9-5-17)16(23)15-13-10-18-12-20-14(13)11-19-15/h10,12,15,19H,2-9,11H2,1H3. The maximum absolute atomic E-state index is 12.9. The van der Waals surface area contributed by atoms with Gasteiger partial charge in [0.25, 0.3) is 0 Å². The fourth-order valence-electron chi connectivity index (χ4n) is 4.25. The van der Waals surface area contributed by atoms with E-state index in [1.807, 2.05) is 4.90 Å². The van der Waals surface area contributed by atoms with Gasteiger partial charge in [0, 0.05) is 36.9 Å². The van der Waals surface area contributed by atoms with Crippen LogP contribution in [0, 0.1) is 0 Å². The first kappa shape index (κ1) is 15.0. The summed E-state index contributed by atoms with van der Waals surface area (Å²) in [6, 6.07) is -0.262. The summed E-state index contributed by atoms with van der Waals surface area (Å²) in [7, 11) is 0. The van der Waals surface area contributed by atoms with Crippen LogP contribution in [0.5, 0.6) is 0 Å². The number of rotatable bonds is 2. The van der Waals surface area contributed by atoms with Gasteiger partial charge >= 0.3 is 0 Å². The SMILES string of the molecule is CC1(N2CCCC2)CCN(C(=O)C2NCc3ncncc32)CC1. The van der Waals surface area contributed by atoms with Gasteiger partial charge in [-0.1, -0.05) is 0 Å². The Kier molecular flexibility index (Phi) is 3.81. The highest BCUT2D eigenvalue weighted by Gasteiger charge is 2.40. The smallest absolute Gasteiger partial charge is 0.244 e. The van der Waals surface area contributed by atoms with Crippen molar-refractivity contribution >= 4 is 5.91 Å². The van der Waals surface area contributed by atoms with Crippen LogP contribution in [-0.2, 0) is 11.3 Å². The zero-order chi connectivity index (χ0) is 15.9. The minimum atomic E-state index is -0.262. The van der Waals surface area contributed by atoms with Crippen molar-refractivity contribution in [2.75, 3.05) is 26.2 Å². The second-order valence-electron chi connectivity index (χ2n) is 7.26. The number of piperidine rings is 1. The quantitative estimate of drug-likeness (QED) is 0.885. The van der Waals surface area contributed by atoms with Crippen LogP contribution in [0.1, 0.15) is 49.9 Å². The molecule has 1 aromatic rings. The first-order valence-corrected chi connectivity index (χ1v) is 8.73. The normalized spacial score (nSPS) is 27.2. The molecule has 2 saturated heterocycles. The molecule has 2 fully saturated rings. The highest BCUT2D eigenvalue weighted by molar-refractivity contribution is 5.84. The number of aromatic nitrogens is 2. The van der Waals surface area contributed by atoms with Crippen molar-refractivity contribution in [3.8, 4) is 0 Å². The summed E-state index contributed by atoms with van der Waals surface area (Å²) >= 11 is 0. The van der Waals surface area contributed by atoms with Crippen molar-refractivity contribution in [2.45, 2.75) is 50.7 Å². The molecule has 0 spiro atoms. The van der Waals surface area contributed by atoms with Gasteiger partial charge in [-0.2, -0.15) is 0 Å². The van der Waals surface area contributed by atoms with Gasteiger partial charge in [0.2, 0.25) is 5.91 Å². The Morgan fingerprint density at radius 2 is 2.00 bits per heavy atom. The Hall–Kier alpha value is -1.53. The van der Waals surface area contributed by atoms with Crippen molar-refractivity contribution in [1.29, 1.82) is 0 Å². The van der Waals surface area contributed by atoms with E-state index in [1.54, 1.807) is 12.5 Å². The maximum atomic E-state index is 12.9. The zero-order valence-electron chi connectivity index (χ0n) is 13.8. The maximum Gasteiger partial charge on any atom is 0.244 e. The molecule has 0 saturated carbocycles. The van der Waals surface area contributed by atoms with E-state index in [0.29, 0.717) is 6.54 Å². The number of carbonyl (C=O) groups excluding carboxylic acids is 1. The predicted octanol–water partition coefficient (Wildman–Crippen LogP) is 1.10. The molecule has 3 aliphatic rings. The second-order valence-corrected chi connectivity index (χ2v) is 7.26. The molecule has 1 N–H and O–H groups in total. The summed E-state index contributed by atoms with van der Waals surface area (Å²) in [5, 5.41) is 3.29. The van der Waals surface area contributed by atoms with Crippen LogP contribution < -0.4 is 5.32 Å². The number of nitrogens with zero attached hydrogens (tertiary/aromatic N) is 4. The minimum absolute atomic E-state index is 0.182. The fourth-order valence-corrected chi connectivity index (χ4v) is 4.25. The molecule has 1 unspecified atom stereocenters. The Balaban J connectivity index is 1.42. The third kappa shape index (κ3) is 2.64. The van der Waals surface area contributed by atoms with Crippen LogP contribution >= 0.6 is 0 Å². The molecule has 1 amide bonds. The molecule has 124 valence electrons. The van der Waals surface area contributed by atoms with Crippen LogP contribution in [0.25, 0.3) is 0 Å². The molecular weight excluding hydrogens is 290 g/mol. The fraction of sp³-hybridized carbons (Fsp3) is 0.706. The number of nitrogens with one attached hydrogen (secondary N) is 1. The van der Waals surface area contributed by atoms with Gasteiger partial charge < -0.3 is 4.90 Å². The molecule has 3 aliphatic heterocycles. The molecular formula is C17H25N5O. The minimum Gasteiger partial charge on any atom is -0.341 e. The first-order valence-electron chi connectivity index (χ1n) is 8.73. The summed E-state index contributed by atoms with van der Waals surface area (Å²) in [5.74, 6) is 0.182. The molecule has 0 bridgehead atoms. The van der Waals surface area contributed by atoms with Crippen molar-refractivity contribution in [1.82, 2.24) is 25.1 Å². The number of likely N-dealkylation sites (tertiary alicyclic amines) is 2. The lowest BCUT2D eigenvalue weighted by Gasteiger charge is -2.45. The molecule has 6 heteroatoms. The van der Waals surface area contributed by atoms with E-state index in [2.05, 4.69) is 27.1 Å². The molecule has 1 atom stereocenters. The molecule has 6 nitrogen and oxygen atoms in total. The van der Waals surface area contributed by atoms with Crippen molar-refractivity contribution in [3.05, 3.63) is 23.8 Å². The summed E-state index contributed by atoms with van der Waals surface area (Å²) in [5.41, 5.74) is 2.18. The van der Waals surface area contributed by atoms with Gasteiger partial charge in [-0.3, -0.25) is 15.0 Å². The number of amides is 1. The van der Waals surface area contributed by atoms with Crippen LogP contribution in [0.15, 0.2) is 12.5 Å². The van der Waals surface area contributed by atoms with Gasteiger partial charge in [-0.05, 0) is 45.7 Å². The number of hydrogen-bond acceptors (Lipinski definition) is 5. The van der Waals surface area contributed by atoms with Crippen molar-refractivity contribution in [3.63, 3.8) is 0 Å². The second kappa shape index (κ2) is 5.83. The molecule has 4 heterocycles. The van der Waals surface area contributed by atoms with Crippen molar-refractivity contribution < 1.29 is 4.79 Å². The average Bonchev–Trinajstić information content (AvgIpc) is 3.25. The number of fused-ring (bicyclic) bond motifs is 1. The van der Waals surface area contributed by atoms with Gasteiger partial charge in [0.05, 0.1) is 5.69 Å². The number of carbonyl (C=O) groups is 1. The summed E-state index contributed by atoms with van der Waals surface area (Å²) in [6.45, 7) is 7.18. The van der Waals surface area contributed by atoms with E-state index in [1.165, 1.54) is 25.9 Å². The van der Waals surface area contributed by atoms with Gasteiger partial charge in [0.1, 0.15) is 12.4 Å². The van der Waals surface area contributed by atoms with Gasteiger partial charge in [-0.25, -0.2) is 9.97 Å². The predicted molar refractivity (Wildman–Crippen MR) is 86.6 cm³/mol. The molecule has 4 rings (SSSR count). The van der Waals surface area contributed by atoms with Crippen molar-refractivity contribution in [2.24, 2.45) is 0 Å². The average molecular weight is 315 g/mol. The third-order valence-corrected chi connectivity index (χ3v) is 5.88. The first-order chi connectivity index (χ1) is 11.2. The highest BCUT2D eigenvalue weighted by atomic mass is 16.2. The largest absolute Gasteiger partial charge is 0.341 e. The Bertz CT molecular complexity index is 590. The van der Waals surface area contributed by atoms with Gasteiger partial charge in [-0.15, -0.1) is 0 Å². The summed E-state index contributed by atoms with van der Waals surface area (Å²) in [4.78, 5) is 25.9. The van der Waals surface area contributed by atoms with Crippen LogP contribution in [0.3, 0.4) is 0 Å². The van der Waals surface area contributed by atoms with Crippen LogP contribution in [0.2, 0.25) is 0 Å². The van der Waals surface area contributed by atoms with E-state index >= 15 is 0 Å². The van der Waals surface area contributed by atoms with E-state index in [4.69, 9.17) is 0 Å². The van der Waals surface area contributed by atoms with E-state index in [9.17, 15) is 4.79 Å². The summed E-state index contributed by atoms with van der Waals surface area (Å²) in [6.07, 6.45) is 8.12.